The van der Waals surface area contributed by atoms with E-state index in [4.69, 9.17) is 16.6 Å². The van der Waals surface area contributed by atoms with Crippen LogP contribution >= 0.6 is 22.9 Å². The maximum Gasteiger partial charge on any atom is 0.227 e. The number of halogens is 1. The van der Waals surface area contributed by atoms with Crippen LogP contribution in [0.3, 0.4) is 0 Å². The molecule has 0 spiro atoms. The number of thiophene rings is 1. The Bertz CT molecular complexity index is 1370. The van der Waals surface area contributed by atoms with Crippen LogP contribution < -0.4 is 5.32 Å². The Hall–Kier alpha value is -3.36. The fourth-order valence-electron chi connectivity index (χ4n) is 3.96. The van der Waals surface area contributed by atoms with Crippen molar-refractivity contribution in [2.75, 3.05) is 5.32 Å². The summed E-state index contributed by atoms with van der Waals surface area (Å²) >= 11 is 7.84. The standard InChI is InChI=1S/C24H21ClN6OS/c1-13-14(2)33-24-21(13)22(16-4-6-17(25)7-5-16)28-19(23-30-29-15(3)31(23)24)12-20(32)27-18-8-10-26-11-9-18/h4-11,19H,12H2,1-3H3,(H,26,27,32). The minimum Gasteiger partial charge on any atom is -0.326 e. The highest BCUT2D eigenvalue weighted by molar-refractivity contribution is 7.15. The first-order chi connectivity index (χ1) is 15.9. The summed E-state index contributed by atoms with van der Waals surface area (Å²) < 4.78 is 2.04. The molecular weight excluding hydrogens is 456 g/mol. The average molecular weight is 477 g/mol. The van der Waals surface area contributed by atoms with Crippen LogP contribution in [0.25, 0.3) is 5.00 Å². The maximum absolute atomic E-state index is 13.0. The van der Waals surface area contributed by atoms with Crippen LogP contribution in [0.15, 0.2) is 53.8 Å². The third-order valence-electron chi connectivity index (χ3n) is 5.70. The van der Waals surface area contributed by atoms with Gasteiger partial charge < -0.3 is 5.32 Å². The Morgan fingerprint density at radius 1 is 1.09 bits per heavy atom. The van der Waals surface area contributed by atoms with Crippen molar-refractivity contribution in [2.24, 2.45) is 4.99 Å². The summed E-state index contributed by atoms with van der Waals surface area (Å²) in [6, 6.07) is 10.6. The Morgan fingerprint density at radius 3 is 2.55 bits per heavy atom. The molecule has 0 saturated heterocycles. The van der Waals surface area contributed by atoms with Gasteiger partial charge in [0.15, 0.2) is 5.82 Å². The zero-order chi connectivity index (χ0) is 23.1. The van der Waals surface area contributed by atoms with Crippen LogP contribution in [0.1, 0.15) is 45.7 Å². The number of benzene rings is 1. The quantitative estimate of drug-likeness (QED) is 0.437. The fraction of sp³-hybridized carbons (Fsp3) is 0.208. The van der Waals surface area contributed by atoms with E-state index in [2.05, 4.69) is 34.3 Å². The highest BCUT2D eigenvalue weighted by atomic mass is 35.5. The van der Waals surface area contributed by atoms with E-state index < -0.39 is 6.04 Å². The second kappa shape index (κ2) is 8.53. The largest absolute Gasteiger partial charge is 0.326 e. The lowest BCUT2D eigenvalue weighted by atomic mass is 9.99. The van der Waals surface area contributed by atoms with Crippen LogP contribution in [-0.4, -0.2) is 31.4 Å². The molecule has 33 heavy (non-hydrogen) atoms. The molecule has 0 saturated carbocycles. The predicted octanol–water partition coefficient (Wildman–Crippen LogP) is 5.22. The molecule has 5 rings (SSSR count). The summed E-state index contributed by atoms with van der Waals surface area (Å²) in [5.74, 6) is 1.26. The second-order valence-corrected chi connectivity index (χ2v) is 9.53. The van der Waals surface area contributed by atoms with E-state index in [1.165, 1.54) is 4.88 Å². The molecule has 7 nitrogen and oxygen atoms in total. The summed E-state index contributed by atoms with van der Waals surface area (Å²) in [5, 5.41) is 13.4. The van der Waals surface area contributed by atoms with Gasteiger partial charge in [-0.25, -0.2) is 0 Å². The molecule has 1 aromatic carbocycles. The van der Waals surface area contributed by atoms with E-state index in [1.807, 2.05) is 35.8 Å². The van der Waals surface area contributed by atoms with Crippen molar-refractivity contribution in [3.63, 3.8) is 0 Å². The molecule has 1 unspecified atom stereocenters. The molecule has 1 amide bonds. The number of rotatable bonds is 4. The summed E-state index contributed by atoms with van der Waals surface area (Å²) in [6.07, 6.45) is 3.41. The summed E-state index contributed by atoms with van der Waals surface area (Å²) in [6.45, 7) is 6.13. The predicted molar refractivity (Wildman–Crippen MR) is 131 cm³/mol. The van der Waals surface area contributed by atoms with Gasteiger partial charge in [-0.2, -0.15) is 0 Å². The van der Waals surface area contributed by atoms with E-state index in [1.54, 1.807) is 35.9 Å². The lowest BCUT2D eigenvalue weighted by Gasteiger charge is -2.13. The lowest BCUT2D eigenvalue weighted by molar-refractivity contribution is -0.116. The van der Waals surface area contributed by atoms with E-state index in [0.717, 1.165) is 33.2 Å². The topological polar surface area (TPSA) is 85.1 Å². The molecule has 0 aliphatic carbocycles. The molecule has 3 aromatic heterocycles. The molecule has 1 aliphatic heterocycles. The Morgan fingerprint density at radius 2 is 1.82 bits per heavy atom. The highest BCUT2D eigenvalue weighted by Gasteiger charge is 2.32. The SMILES string of the molecule is Cc1sc2c(c1C)C(c1ccc(Cl)cc1)=NC(CC(=O)Nc1ccncc1)c1nnc(C)n1-2. The maximum atomic E-state index is 13.0. The van der Waals surface area contributed by atoms with Crippen LogP contribution in [0.5, 0.6) is 0 Å². The number of aromatic nitrogens is 4. The number of fused-ring (bicyclic) bond motifs is 3. The number of carbonyl (C=O) groups is 1. The van der Waals surface area contributed by atoms with Crippen LogP contribution in [-0.2, 0) is 4.79 Å². The first kappa shape index (κ1) is 21.5. The molecule has 0 radical (unpaired) electrons. The minimum atomic E-state index is -0.502. The van der Waals surface area contributed by atoms with Crippen molar-refractivity contribution in [1.82, 2.24) is 19.7 Å². The summed E-state index contributed by atoms with van der Waals surface area (Å²) in [7, 11) is 0. The third kappa shape index (κ3) is 3.96. The fourth-order valence-corrected chi connectivity index (χ4v) is 5.30. The first-order valence-electron chi connectivity index (χ1n) is 10.5. The van der Waals surface area contributed by atoms with E-state index in [9.17, 15) is 4.79 Å². The number of aryl methyl sites for hydroxylation is 2. The minimum absolute atomic E-state index is 0.129. The summed E-state index contributed by atoms with van der Waals surface area (Å²) in [5.41, 5.74) is 4.66. The smallest absolute Gasteiger partial charge is 0.227 e. The van der Waals surface area contributed by atoms with Crippen molar-refractivity contribution < 1.29 is 4.79 Å². The molecule has 166 valence electrons. The number of aliphatic imine (C=N–C) groups is 1. The van der Waals surface area contributed by atoms with Gasteiger partial charge in [-0.15, -0.1) is 21.5 Å². The van der Waals surface area contributed by atoms with Gasteiger partial charge >= 0.3 is 0 Å². The van der Waals surface area contributed by atoms with Crippen molar-refractivity contribution in [2.45, 2.75) is 33.2 Å². The molecule has 1 aliphatic rings. The number of hydrogen-bond donors (Lipinski definition) is 1. The lowest BCUT2D eigenvalue weighted by Crippen LogP contribution is -2.17. The molecule has 4 heterocycles. The Kier molecular flexibility index (Phi) is 5.55. The van der Waals surface area contributed by atoms with Crippen molar-refractivity contribution in [3.8, 4) is 5.00 Å². The second-order valence-electron chi connectivity index (χ2n) is 7.89. The van der Waals surface area contributed by atoms with E-state index >= 15 is 0 Å². The molecule has 1 atom stereocenters. The van der Waals surface area contributed by atoms with Gasteiger partial charge in [0.2, 0.25) is 5.91 Å². The number of nitrogens with one attached hydrogen (secondary N) is 1. The average Bonchev–Trinajstić information content (AvgIpc) is 3.27. The number of pyridine rings is 1. The van der Waals surface area contributed by atoms with Gasteiger partial charge in [-0.3, -0.25) is 19.3 Å². The monoisotopic (exact) mass is 476 g/mol. The molecule has 0 bridgehead atoms. The zero-order valence-corrected chi connectivity index (χ0v) is 19.9. The number of amides is 1. The molecule has 9 heteroatoms. The van der Waals surface area contributed by atoms with Crippen LogP contribution in [0, 0.1) is 20.8 Å². The number of hydrogen-bond acceptors (Lipinski definition) is 6. The van der Waals surface area contributed by atoms with E-state index in [-0.39, 0.29) is 12.3 Å². The van der Waals surface area contributed by atoms with E-state index in [0.29, 0.717) is 16.5 Å². The van der Waals surface area contributed by atoms with Gasteiger partial charge in [-0.1, -0.05) is 23.7 Å². The number of anilines is 1. The summed E-state index contributed by atoms with van der Waals surface area (Å²) in [4.78, 5) is 23.3. The Balaban J connectivity index is 1.64. The molecule has 4 aromatic rings. The highest BCUT2D eigenvalue weighted by Crippen LogP contribution is 2.39. The zero-order valence-electron chi connectivity index (χ0n) is 18.3. The van der Waals surface area contributed by atoms with Crippen molar-refractivity contribution >= 4 is 40.2 Å². The first-order valence-corrected chi connectivity index (χ1v) is 11.7. The third-order valence-corrected chi connectivity index (χ3v) is 7.14. The van der Waals surface area contributed by atoms with Gasteiger partial charge in [0.25, 0.3) is 0 Å². The van der Waals surface area contributed by atoms with Crippen LogP contribution in [0.4, 0.5) is 5.69 Å². The number of carbonyl (C=O) groups excluding carboxylic acids is 1. The molecule has 0 fully saturated rings. The van der Waals surface area contributed by atoms with Crippen molar-refractivity contribution in [3.05, 3.63) is 87.0 Å². The molecule has 1 N–H and O–H groups in total. The molecular formula is C24H21ClN6OS. The Labute approximate surface area is 200 Å². The van der Waals surface area contributed by atoms with Crippen molar-refractivity contribution in [1.29, 1.82) is 0 Å². The van der Waals surface area contributed by atoms with Gasteiger partial charge in [0.1, 0.15) is 16.9 Å². The van der Waals surface area contributed by atoms with Gasteiger partial charge in [0.05, 0.1) is 12.1 Å². The van der Waals surface area contributed by atoms with Gasteiger partial charge in [0, 0.05) is 39.1 Å². The van der Waals surface area contributed by atoms with Crippen LogP contribution in [0.2, 0.25) is 5.02 Å². The number of nitrogens with zero attached hydrogens (tertiary/aromatic N) is 5. The van der Waals surface area contributed by atoms with Gasteiger partial charge in [-0.05, 0) is 50.6 Å². The normalized spacial score (nSPS) is 14.8.